The molecule has 0 aliphatic carbocycles. The highest BCUT2D eigenvalue weighted by Crippen LogP contribution is 2.41. The lowest BCUT2D eigenvalue weighted by Crippen LogP contribution is -2.41. The molecule has 5 nitrogen and oxygen atoms in total. The second kappa shape index (κ2) is 6.85. The van der Waals surface area contributed by atoms with E-state index in [0.29, 0.717) is 0 Å². The van der Waals surface area contributed by atoms with Crippen LogP contribution in [0.5, 0.6) is 0 Å². The van der Waals surface area contributed by atoms with Crippen LogP contribution in [0.1, 0.15) is 45.5 Å². The van der Waals surface area contributed by atoms with Crippen LogP contribution in [0.2, 0.25) is 0 Å². The third-order valence-electron chi connectivity index (χ3n) is 5.35. The second-order valence-electron chi connectivity index (χ2n) is 7.69. The molecule has 3 rings (SSSR count). The summed E-state index contributed by atoms with van der Waals surface area (Å²) < 4.78 is 12.2. The van der Waals surface area contributed by atoms with Crippen LogP contribution in [0.15, 0.2) is 48.8 Å². The van der Waals surface area contributed by atoms with E-state index in [9.17, 15) is 9.90 Å². The molecule has 2 aromatic rings. The molecule has 1 atom stereocenters. The molecular formula is C20H24BNO4. The Bertz CT molecular complexity index is 758. The Morgan fingerprint density at radius 2 is 1.50 bits per heavy atom. The maximum absolute atomic E-state index is 11.4. The first-order chi connectivity index (χ1) is 12.2. The number of benzene rings is 1. The lowest BCUT2D eigenvalue weighted by Gasteiger charge is -2.32. The molecule has 0 saturated carbocycles. The smallest absolute Gasteiger partial charge is 0.466 e. The molecule has 1 aromatic heterocycles. The summed E-state index contributed by atoms with van der Waals surface area (Å²) in [4.78, 5) is 15.5. The fourth-order valence-corrected chi connectivity index (χ4v) is 3.08. The van der Waals surface area contributed by atoms with E-state index in [-0.39, 0.29) is 12.2 Å². The third-order valence-corrected chi connectivity index (χ3v) is 5.35. The van der Waals surface area contributed by atoms with Crippen molar-refractivity contribution in [2.75, 3.05) is 0 Å². The Kier molecular flexibility index (Phi) is 4.91. The van der Waals surface area contributed by atoms with Gasteiger partial charge in [-0.05, 0) is 56.5 Å². The SMILES string of the molecule is CC1(C)OB(C(CC(=O)O)c2ccc(-c3ccncc3)cc2)OC1(C)C. The summed E-state index contributed by atoms with van der Waals surface area (Å²) in [5, 5.41) is 9.38. The first-order valence-electron chi connectivity index (χ1n) is 8.77. The molecule has 1 fully saturated rings. The van der Waals surface area contributed by atoms with Crippen molar-refractivity contribution >= 4 is 13.1 Å². The highest BCUT2D eigenvalue weighted by Gasteiger charge is 2.54. The van der Waals surface area contributed by atoms with Crippen molar-refractivity contribution in [3.05, 3.63) is 54.4 Å². The van der Waals surface area contributed by atoms with Gasteiger partial charge >= 0.3 is 13.1 Å². The maximum Gasteiger partial charge on any atom is 0.466 e. The van der Waals surface area contributed by atoms with Crippen LogP contribution in [0, 0.1) is 0 Å². The molecule has 0 spiro atoms. The van der Waals surface area contributed by atoms with Gasteiger partial charge in [0.05, 0.1) is 17.6 Å². The number of carboxylic acids is 1. The first-order valence-corrected chi connectivity index (χ1v) is 8.77. The average molecular weight is 353 g/mol. The monoisotopic (exact) mass is 353 g/mol. The van der Waals surface area contributed by atoms with Crippen molar-refractivity contribution in [2.45, 2.75) is 51.1 Å². The Morgan fingerprint density at radius 1 is 1.00 bits per heavy atom. The summed E-state index contributed by atoms with van der Waals surface area (Å²) in [5.41, 5.74) is 2.02. The highest BCUT2D eigenvalue weighted by atomic mass is 16.7. The van der Waals surface area contributed by atoms with Crippen molar-refractivity contribution in [1.82, 2.24) is 4.98 Å². The Hall–Kier alpha value is -2.18. The number of pyridine rings is 1. The van der Waals surface area contributed by atoms with Gasteiger partial charge in [0, 0.05) is 18.2 Å². The lowest BCUT2D eigenvalue weighted by atomic mass is 9.66. The van der Waals surface area contributed by atoms with Gasteiger partial charge in [0.25, 0.3) is 0 Å². The van der Waals surface area contributed by atoms with Gasteiger partial charge in [0.2, 0.25) is 0 Å². The number of carboxylic acid groups (broad SMARTS) is 1. The Balaban J connectivity index is 1.88. The molecule has 26 heavy (non-hydrogen) atoms. The summed E-state index contributed by atoms with van der Waals surface area (Å²) >= 11 is 0. The summed E-state index contributed by atoms with van der Waals surface area (Å²) in [6.07, 6.45) is 3.45. The van der Waals surface area contributed by atoms with Crippen molar-refractivity contribution < 1.29 is 19.2 Å². The van der Waals surface area contributed by atoms with Crippen LogP contribution in [-0.2, 0) is 14.1 Å². The molecule has 1 aliphatic rings. The maximum atomic E-state index is 11.4. The standard InChI is InChI=1S/C20H24BNO4/c1-19(2)20(3,4)26-21(25-19)17(13-18(23)24)16-7-5-14(6-8-16)15-9-11-22-12-10-15/h5-12,17H,13H2,1-4H3,(H,23,24). The predicted octanol–water partition coefficient (Wildman–Crippen LogP) is 3.94. The number of carbonyl (C=O) groups is 1. The van der Waals surface area contributed by atoms with Gasteiger partial charge in [-0.1, -0.05) is 24.3 Å². The van der Waals surface area contributed by atoms with E-state index in [2.05, 4.69) is 4.98 Å². The van der Waals surface area contributed by atoms with E-state index < -0.39 is 24.3 Å². The molecular weight excluding hydrogens is 329 g/mol. The molecule has 1 aliphatic heterocycles. The highest BCUT2D eigenvalue weighted by molar-refractivity contribution is 6.48. The van der Waals surface area contributed by atoms with E-state index in [4.69, 9.17) is 9.31 Å². The number of aromatic nitrogens is 1. The predicted molar refractivity (Wildman–Crippen MR) is 101 cm³/mol. The van der Waals surface area contributed by atoms with Crippen molar-refractivity contribution in [2.24, 2.45) is 0 Å². The molecule has 0 amide bonds. The number of rotatable bonds is 5. The average Bonchev–Trinajstić information content (AvgIpc) is 2.81. The zero-order valence-electron chi connectivity index (χ0n) is 15.6. The zero-order valence-corrected chi connectivity index (χ0v) is 15.6. The van der Waals surface area contributed by atoms with Gasteiger partial charge in [-0.3, -0.25) is 9.78 Å². The molecule has 1 saturated heterocycles. The van der Waals surface area contributed by atoms with Crippen LogP contribution in [0.4, 0.5) is 0 Å². The molecule has 1 N–H and O–H groups in total. The second-order valence-corrected chi connectivity index (χ2v) is 7.69. The number of hydrogen-bond acceptors (Lipinski definition) is 4. The lowest BCUT2D eigenvalue weighted by molar-refractivity contribution is -0.137. The molecule has 0 bridgehead atoms. The summed E-state index contributed by atoms with van der Waals surface area (Å²) in [6.45, 7) is 7.88. The van der Waals surface area contributed by atoms with Crippen molar-refractivity contribution in [1.29, 1.82) is 0 Å². The Labute approximate surface area is 154 Å². The van der Waals surface area contributed by atoms with Crippen molar-refractivity contribution in [3.8, 4) is 11.1 Å². The quantitative estimate of drug-likeness (QED) is 0.825. The van der Waals surface area contributed by atoms with E-state index in [0.717, 1.165) is 16.7 Å². The topological polar surface area (TPSA) is 68.7 Å². The van der Waals surface area contributed by atoms with Crippen LogP contribution in [-0.4, -0.2) is 34.4 Å². The van der Waals surface area contributed by atoms with Gasteiger partial charge in [-0.25, -0.2) is 0 Å². The fourth-order valence-electron chi connectivity index (χ4n) is 3.08. The molecule has 6 heteroatoms. The Morgan fingerprint density at radius 3 is 2.00 bits per heavy atom. The first kappa shape index (κ1) is 18.6. The van der Waals surface area contributed by atoms with Gasteiger partial charge < -0.3 is 14.4 Å². The van der Waals surface area contributed by atoms with Gasteiger partial charge in [-0.2, -0.15) is 0 Å². The summed E-state index contributed by atoms with van der Waals surface area (Å²) in [7, 11) is -0.595. The van der Waals surface area contributed by atoms with Gasteiger partial charge in [0.1, 0.15) is 0 Å². The summed E-state index contributed by atoms with van der Waals surface area (Å²) in [6, 6.07) is 11.8. The third kappa shape index (κ3) is 3.66. The minimum atomic E-state index is -0.872. The molecule has 136 valence electrons. The van der Waals surface area contributed by atoms with Crippen LogP contribution in [0.3, 0.4) is 0 Å². The number of hydrogen-bond donors (Lipinski definition) is 1. The van der Waals surface area contributed by atoms with Crippen molar-refractivity contribution in [3.63, 3.8) is 0 Å². The van der Waals surface area contributed by atoms with E-state index in [1.54, 1.807) is 12.4 Å². The van der Waals surface area contributed by atoms with Crippen LogP contribution in [0.25, 0.3) is 11.1 Å². The van der Waals surface area contributed by atoms with Gasteiger partial charge in [0.15, 0.2) is 0 Å². The minimum absolute atomic E-state index is 0.0502. The molecule has 1 aromatic carbocycles. The summed E-state index contributed by atoms with van der Waals surface area (Å²) in [5.74, 6) is -1.25. The largest absolute Gasteiger partial charge is 0.481 e. The number of nitrogens with zero attached hydrogens (tertiary/aromatic N) is 1. The molecule has 0 radical (unpaired) electrons. The fraction of sp³-hybridized carbons (Fsp3) is 0.400. The molecule has 1 unspecified atom stereocenters. The van der Waals surface area contributed by atoms with E-state index >= 15 is 0 Å². The van der Waals surface area contributed by atoms with Crippen LogP contribution < -0.4 is 0 Å². The van der Waals surface area contributed by atoms with Crippen LogP contribution >= 0.6 is 0 Å². The normalized spacial score (nSPS) is 19.3. The van der Waals surface area contributed by atoms with E-state index in [1.165, 1.54) is 0 Å². The minimum Gasteiger partial charge on any atom is -0.481 e. The molecule has 2 heterocycles. The van der Waals surface area contributed by atoms with Gasteiger partial charge in [-0.15, -0.1) is 0 Å². The zero-order chi connectivity index (χ0) is 18.9. The van der Waals surface area contributed by atoms with E-state index in [1.807, 2.05) is 64.1 Å². The number of aliphatic carboxylic acids is 1.